The third-order valence-corrected chi connectivity index (χ3v) is 67.5. The van der Waals surface area contributed by atoms with E-state index in [1.54, 1.807) is 11.1 Å². The van der Waals surface area contributed by atoms with Gasteiger partial charge in [0.1, 0.15) is 0 Å². The Morgan fingerprint density at radius 1 is 0.518 bits per heavy atom. The normalized spacial score (nSPS) is 22.6. The van der Waals surface area contributed by atoms with E-state index in [-0.39, 0.29) is 7.25 Å². The first-order valence-electron chi connectivity index (χ1n) is 22.5. The van der Waals surface area contributed by atoms with Crippen molar-refractivity contribution >= 4 is 35.1 Å². The van der Waals surface area contributed by atoms with Crippen LogP contribution in [-0.4, -0.2) is 5.92 Å². The first-order valence-corrected chi connectivity index (χ1v) is 38.8. The first kappa shape index (κ1) is 40.8. The zero-order valence-corrected chi connectivity index (χ0v) is 39.8. The molecule has 56 heavy (non-hydrogen) atoms. The van der Waals surface area contributed by atoms with Gasteiger partial charge in [-0.3, -0.25) is 0 Å². The Morgan fingerprint density at radius 3 is 1.23 bits per heavy atom. The summed E-state index contributed by atoms with van der Waals surface area (Å²) in [7, 11) is 18.4. The van der Waals surface area contributed by atoms with Gasteiger partial charge >= 0.3 is 351 Å². The van der Waals surface area contributed by atoms with E-state index in [0.29, 0.717) is 10.8 Å². The van der Waals surface area contributed by atoms with E-state index in [2.05, 4.69) is 136 Å². The molecule has 0 amide bonds. The second-order valence-electron chi connectivity index (χ2n) is 18.9. The molecule has 4 aromatic carbocycles. The van der Waals surface area contributed by atoms with Crippen molar-refractivity contribution in [2.45, 2.75) is 137 Å². The Hall–Kier alpha value is -1.96. The standard InChI is InChI=1S/2C25H29.C2H7Si.2ClH.Zr/c2*1-2-25(15-8-3-4-9-16-25)19-20-17-22-13-10-14-23(24(22)18-20)21-11-6-5-7-12-21;1-3-2;;;/h2*5-7,10-14,17-18H,2-4,8-9,15-16,19H2,1H3;3H,1-2H3;2*1H;/q;;;;;+2/p-2. The molecule has 0 aliphatic heterocycles. The number of hydrogen-bond acceptors (Lipinski definition) is 0. The van der Waals surface area contributed by atoms with Crippen LogP contribution in [0.15, 0.2) is 108 Å². The van der Waals surface area contributed by atoms with E-state index in [1.165, 1.54) is 134 Å². The summed E-state index contributed by atoms with van der Waals surface area (Å²) in [5.41, 5.74) is 14.7. The summed E-state index contributed by atoms with van der Waals surface area (Å²) in [6, 6.07) is 36.4. The second-order valence-corrected chi connectivity index (χ2v) is 61.4. The summed E-state index contributed by atoms with van der Waals surface area (Å²) in [5.74, 6) is -1.73. The van der Waals surface area contributed by atoms with E-state index in [9.17, 15) is 17.0 Å². The van der Waals surface area contributed by atoms with Gasteiger partial charge in [-0.25, -0.2) is 0 Å². The van der Waals surface area contributed by atoms with Crippen LogP contribution in [0.2, 0.25) is 13.1 Å². The Balaban J connectivity index is 1.37. The molecule has 8 rings (SSSR count). The fourth-order valence-corrected chi connectivity index (χ4v) is 43.5. The molecule has 4 aliphatic rings. The summed E-state index contributed by atoms with van der Waals surface area (Å²) in [6.07, 6.45) is 26.1. The first-order chi connectivity index (χ1) is 27.1. The zero-order chi connectivity index (χ0) is 39.0. The summed E-state index contributed by atoms with van der Waals surface area (Å²) >= 11 is -5.07. The Bertz CT molecular complexity index is 1920. The Labute approximate surface area is 348 Å². The number of halogens is 2. The quantitative estimate of drug-likeness (QED) is 0.104. The number of rotatable bonds is 11. The Kier molecular flexibility index (Phi) is 12.1. The number of allylic oxidation sites excluding steroid dienone is 2. The predicted molar refractivity (Wildman–Crippen MR) is 246 cm³/mol. The van der Waals surface area contributed by atoms with Crippen LogP contribution in [0.25, 0.3) is 34.4 Å². The molecule has 0 heterocycles. The van der Waals surface area contributed by atoms with Crippen LogP contribution in [0.4, 0.5) is 0 Å². The van der Waals surface area contributed by atoms with Gasteiger partial charge < -0.3 is 0 Å². The average molecular weight is 880 g/mol. The van der Waals surface area contributed by atoms with Gasteiger partial charge in [-0.15, -0.1) is 0 Å². The number of fused-ring (bicyclic) bond motifs is 2. The molecule has 2 atom stereocenters. The van der Waals surface area contributed by atoms with Crippen LogP contribution in [0.1, 0.15) is 146 Å². The molecule has 0 radical (unpaired) electrons. The van der Waals surface area contributed by atoms with E-state index in [1.807, 2.05) is 0 Å². The van der Waals surface area contributed by atoms with E-state index >= 15 is 0 Å². The molecule has 2 saturated carbocycles. The molecular weight excluding hydrogens is 815 g/mol. The molecular formula is C52H65Cl2SiZr. The average Bonchev–Trinajstić information content (AvgIpc) is 3.57. The summed E-state index contributed by atoms with van der Waals surface area (Å²) in [6.45, 7) is 10.1. The van der Waals surface area contributed by atoms with Gasteiger partial charge in [0.25, 0.3) is 0 Å². The third kappa shape index (κ3) is 7.33. The molecule has 295 valence electrons. The topological polar surface area (TPSA) is 0 Å². The molecule has 4 heteroatoms. The monoisotopic (exact) mass is 877 g/mol. The van der Waals surface area contributed by atoms with Crippen LogP contribution >= 0.6 is 17.0 Å². The molecule has 4 aromatic rings. The zero-order valence-electron chi connectivity index (χ0n) is 34.7. The van der Waals surface area contributed by atoms with Crippen molar-refractivity contribution in [3.05, 3.63) is 130 Å². The van der Waals surface area contributed by atoms with Crippen molar-refractivity contribution < 1.29 is 15.6 Å². The van der Waals surface area contributed by atoms with Crippen molar-refractivity contribution in [3.8, 4) is 22.3 Å². The van der Waals surface area contributed by atoms with Gasteiger partial charge in [0.2, 0.25) is 0 Å². The van der Waals surface area contributed by atoms with Crippen LogP contribution in [0.5, 0.6) is 0 Å². The molecule has 0 N–H and O–H groups in total. The molecule has 0 bridgehead atoms. The maximum atomic E-state index is 9.22. The van der Waals surface area contributed by atoms with Crippen LogP contribution in [-0.2, 0) is 15.6 Å². The van der Waals surface area contributed by atoms with E-state index in [0.717, 1.165) is 12.8 Å². The third-order valence-electron chi connectivity index (χ3n) is 15.7. The molecule has 0 saturated heterocycles. The fourth-order valence-electron chi connectivity index (χ4n) is 12.2. The number of hydrogen-bond donors (Lipinski definition) is 0. The van der Waals surface area contributed by atoms with Crippen LogP contribution < -0.4 is 0 Å². The molecule has 2 unspecified atom stereocenters. The van der Waals surface area contributed by atoms with E-state index in [4.69, 9.17) is 0 Å². The summed E-state index contributed by atoms with van der Waals surface area (Å²) in [4.78, 5) is 0. The number of benzene rings is 4. The summed E-state index contributed by atoms with van der Waals surface area (Å²) < 4.78 is 0.228. The minimum absolute atomic E-state index is 0.114. The van der Waals surface area contributed by atoms with Gasteiger partial charge in [0.05, 0.1) is 0 Å². The molecule has 0 spiro atoms. The van der Waals surface area contributed by atoms with Gasteiger partial charge in [-0.2, -0.15) is 0 Å². The molecule has 0 aromatic heterocycles. The molecule has 4 aliphatic carbocycles. The van der Waals surface area contributed by atoms with Crippen molar-refractivity contribution in [2.24, 2.45) is 10.8 Å². The van der Waals surface area contributed by atoms with Gasteiger partial charge in [-0.05, 0) is 0 Å². The second kappa shape index (κ2) is 16.6. The maximum absolute atomic E-state index is 9.22. The van der Waals surface area contributed by atoms with Crippen molar-refractivity contribution in [1.82, 2.24) is 0 Å². The fraction of sp³-hybridized carbons (Fsp3) is 0.462. The van der Waals surface area contributed by atoms with Crippen LogP contribution in [0, 0.1) is 10.8 Å². The minimum atomic E-state index is -5.07. The SMILES string of the molecule is CCC1(CC2=Cc3c(-c4ccccc4)cccc3[CH]2[Zr]([Cl])([Cl])([CH]2C(CC3(CC)CCCCCC3)=Cc3c(-c4ccccc4)cccc32)[SiH](C)C)CCCCCC1. The van der Waals surface area contributed by atoms with Crippen molar-refractivity contribution in [3.63, 3.8) is 0 Å². The Morgan fingerprint density at radius 2 is 0.893 bits per heavy atom. The molecule has 0 nitrogen and oxygen atoms in total. The van der Waals surface area contributed by atoms with Crippen LogP contribution in [0.3, 0.4) is 0 Å². The van der Waals surface area contributed by atoms with Gasteiger partial charge in [0.15, 0.2) is 0 Å². The van der Waals surface area contributed by atoms with Gasteiger partial charge in [0, 0.05) is 0 Å². The van der Waals surface area contributed by atoms with Gasteiger partial charge in [-0.1, -0.05) is 0 Å². The summed E-state index contributed by atoms with van der Waals surface area (Å²) in [5, 5.41) is 0. The van der Waals surface area contributed by atoms with Crippen molar-refractivity contribution in [1.29, 1.82) is 0 Å². The van der Waals surface area contributed by atoms with E-state index < -0.39 is 21.5 Å². The predicted octanol–water partition coefficient (Wildman–Crippen LogP) is 16.9. The molecule has 2 fully saturated rings. The van der Waals surface area contributed by atoms with Crippen molar-refractivity contribution in [2.75, 3.05) is 0 Å².